The molecule has 0 aliphatic rings. The van der Waals surface area contributed by atoms with Gasteiger partial charge in [0.2, 0.25) is 0 Å². The van der Waals surface area contributed by atoms with E-state index in [9.17, 15) is 15.3 Å². The van der Waals surface area contributed by atoms with Gasteiger partial charge in [-0.3, -0.25) is 0 Å². The van der Waals surface area contributed by atoms with Gasteiger partial charge < -0.3 is 15.3 Å². The summed E-state index contributed by atoms with van der Waals surface area (Å²) in [6, 6.07) is 17.2. The second-order valence-electron chi connectivity index (χ2n) is 9.00. The predicted molar refractivity (Wildman–Crippen MR) is 136 cm³/mol. The van der Waals surface area contributed by atoms with Crippen LogP contribution in [-0.4, -0.2) is 15.3 Å². The molecule has 0 aliphatic heterocycles. The van der Waals surface area contributed by atoms with Gasteiger partial charge in [-0.15, -0.1) is 0 Å². The molecule has 0 aromatic heterocycles. The Hall–Kier alpha value is -3.72. The highest BCUT2D eigenvalue weighted by molar-refractivity contribution is 5.92. The zero-order valence-corrected chi connectivity index (χ0v) is 20.0. The second-order valence-corrected chi connectivity index (χ2v) is 9.00. The van der Waals surface area contributed by atoms with E-state index in [1.54, 1.807) is 18.2 Å². The monoisotopic (exact) mass is 438 g/mol. The fraction of sp³-hybridized carbons (Fsp3) is 0.200. The van der Waals surface area contributed by atoms with Gasteiger partial charge in [0.25, 0.3) is 0 Å². The van der Waals surface area contributed by atoms with Crippen molar-refractivity contribution in [2.75, 3.05) is 0 Å². The van der Waals surface area contributed by atoms with Crippen LogP contribution < -0.4 is 0 Å². The van der Waals surface area contributed by atoms with Gasteiger partial charge >= 0.3 is 0 Å². The summed E-state index contributed by atoms with van der Waals surface area (Å²) in [5.41, 5.74) is 12.5. The summed E-state index contributed by atoms with van der Waals surface area (Å²) in [6.45, 7) is 12.1. The molecule has 0 fully saturated rings. The third-order valence-corrected chi connectivity index (χ3v) is 6.71. The van der Waals surface area contributed by atoms with Crippen LogP contribution in [0.4, 0.5) is 0 Å². The molecule has 0 bridgehead atoms. The summed E-state index contributed by atoms with van der Waals surface area (Å²) in [5, 5.41) is 30.3. The minimum Gasteiger partial charge on any atom is -0.508 e. The first-order valence-corrected chi connectivity index (χ1v) is 11.1. The van der Waals surface area contributed by atoms with E-state index in [4.69, 9.17) is 0 Å². The molecule has 168 valence electrons. The Balaban J connectivity index is 2.13. The molecule has 0 unspecified atom stereocenters. The van der Waals surface area contributed by atoms with E-state index in [0.29, 0.717) is 0 Å². The van der Waals surface area contributed by atoms with Gasteiger partial charge in [-0.25, -0.2) is 0 Å². The van der Waals surface area contributed by atoms with E-state index in [0.717, 1.165) is 66.8 Å². The third-order valence-electron chi connectivity index (χ3n) is 6.71. The number of rotatable bonds is 3. The van der Waals surface area contributed by atoms with Gasteiger partial charge in [0.15, 0.2) is 0 Å². The SMILES string of the molecule is Cc1cc(-c2c(C)c(-c3ccc(O)c(C)c3)c(C)c(-c3ccc(O)c(C)c3)c2C)ccc1O. The highest BCUT2D eigenvalue weighted by Gasteiger charge is 2.21. The molecular formula is C30H30O3. The second kappa shape index (κ2) is 8.32. The first kappa shape index (κ1) is 22.5. The van der Waals surface area contributed by atoms with Crippen molar-refractivity contribution in [1.82, 2.24) is 0 Å². The first-order chi connectivity index (χ1) is 15.6. The molecule has 4 rings (SSSR count). The standard InChI is InChI=1S/C30H30O3/c1-16-13-22(7-10-25(16)31)28-19(4)29(23-8-11-26(32)17(2)14-23)21(6)30(20(28)5)24-9-12-27(33)18(3)15-24/h7-15,31-33H,1-6H3. The molecule has 3 N–H and O–H groups in total. The molecule has 0 amide bonds. The van der Waals surface area contributed by atoms with Crippen LogP contribution in [0.1, 0.15) is 33.4 Å². The Morgan fingerprint density at radius 2 is 0.636 bits per heavy atom. The van der Waals surface area contributed by atoms with Gasteiger partial charge in [0.1, 0.15) is 17.2 Å². The normalized spacial score (nSPS) is 11.1. The molecule has 4 aromatic rings. The maximum absolute atomic E-state index is 10.1. The van der Waals surface area contributed by atoms with E-state index < -0.39 is 0 Å². The van der Waals surface area contributed by atoms with Crippen molar-refractivity contribution in [3.63, 3.8) is 0 Å². The average Bonchev–Trinajstić information content (AvgIpc) is 2.75. The largest absolute Gasteiger partial charge is 0.508 e. The summed E-state index contributed by atoms with van der Waals surface area (Å²) in [7, 11) is 0. The Kier molecular flexibility index (Phi) is 5.67. The van der Waals surface area contributed by atoms with Crippen LogP contribution in [0.5, 0.6) is 17.2 Å². The Morgan fingerprint density at radius 3 is 0.848 bits per heavy atom. The number of hydrogen-bond acceptors (Lipinski definition) is 3. The summed E-state index contributed by atoms with van der Waals surface area (Å²) in [4.78, 5) is 0. The molecule has 0 atom stereocenters. The fourth-order valence-electron chi connectivity index (χ4n) is 4.95. The molecule has 4 aromatic carbocycles. The van der Waals surface area contributed by atoms with Gasteiger partial charge in [-0.2, -0.15) is 0 Å². The Morgan fingerprint density at radius 1 is 0.394 bits per heavy atom. The van der Waals surface area contributed by atoms with Crippen molar-refractivity contribution in [2.24, 2.45) is 0 Å². The van der Waals surface area contributed by atoms with E-state index in [-0.39, 0.29) is 17.2 Å². The molecule has 3 nitrogen and oxygen atoms in total. The molecule has 33 heavy (non-hydrogen) atoms. The quantitative estimate of drug-likeness (QED) is 0.308. The Labute approximate surface area is 195 Å². The summed E-state index contributed by atoms with van der Waals surface area (Å²) < 4.78 is 0. The lowest BCUT2D eigenvalue weighted by Crippen LogP contribution is -2.01. The molecule has 0 saturated heterocycles. The molecule has 0 radical (unpaired) electrons. The van der Waals surface area contributed by atoms with E-state index in [1.807, 2.05) is 57.2 Å². The lowest BCUT2D eigenvalue weighted by atomic mass is 9.80. The average molecular weight is 439 g/mol. The zero-order valence-electron chi connectivity index (χ0n) is 20.0. The van der Waals surface area contributed by atoms with Gasteiger partial charge in [0, 0.05) is 0 Å². The van der Waals surface area contributed by atoms with E-state index >= 15 is 0 Å². The van der Waals surface area contributed by atoms with Crippen molar-refractivity contribution in [3.05, 3.63) is 88.0 Å². The molecule has 3 heteroatoms. The van der Waals surface area contributed by atoms with Crippen LogP contribution >= 0.6 is 0 Å². The first-order valence-electron chi connectivity index (χ1n) is 11.1. The zero-order chi connectivity index (χ0) is 24.0. The van der Waals surface area contributed by atoms with Crippen molar-refractivity contribution in [2.45, 2.75) is 41.5 Å². The van der Waals surface area contributed by atoms with Crippen molar-refractivity contribution in [1.29, 1.82) is 0 Å². The Bertz CT molecular complexity index is 1210. The van der Waals surface area contributed by atoms with Crippen LogP contribution in [0.3, 0.4) is 0 Å². The lowest BCUT2D eigenvalue weighted by Gasteiger charge is -2.24. The summed E-state index contributed by atoms with van der Waals surface area (Å²) in [5.74, 6) is 0.847. The molecule has 0 heterocycles. The van der Waals surface area contributed by atoms with Gasteiger partial charge in [-0.1, -0.05) is 18.2 Å². The highest BCUT2D eigenvalue weighted by Crippen LogP contribution is 2.45. The minimum absolute atomic E-state index is 0.282. The smallest absolute Gasteiger partial charge is 0.118 e. The maximum atomic E-state index is 10.1. The number of phenolic OH excluding ortho intramolecular Hbond substituents is 3. The third kappa shape index (κ3) is 3.84. The van der Waals surface area contributed by atoms with Crippen LogP contribution in [0.25, 0.3) is 33.4 Å². The number of benzene rings is 4. The molecule has 0 aliphatic carbocycles. The number of aromatic hydroxyl groups is 3. The van der Waals surface area contributed by atoms with Crippen LogP contribution in [0, 0.1) is 41.5 Å². The number of phenols is 3. The molecule has 0 saturated carbocycles. The highest BCUT2D eigenvalue weighted by atomic mass is 16.3. The topological polar surface area (TPSA) is 60.7 Å². The van der Waals surface area contributed by atoms with E-state index in [1.165, 1.54) is 0 Å². The van der Waals surface area contributed by atoms with E-state index in [2.05, 4.69) is 20.8 Å². The number of hydrogen-bond donors (Lipinski definition) is 3. The number of aryl methyl sites for hydroxylation is 3. The van der Waals surface area contributed by atoms with Gasteiger partial charge in [0.05, 0.1) is 0 Å². The predicted octanol–water partition coefficient (Wildman–Crippen LogP) is 7.65. The maximum Gasteiger partial charge on any atom is 0.118 e. The van der Waals surface area contributed by atoms with Crippen LogP contribution in [-0.2, 0) is 0 Å². The summed E-state index contributed by atoms with van der Waals surface area (Å²) >= 11 is 0. The van der Waals surface area contributed by atoms with Crippen molar-refractivity contribution in [3.8, 4) is 50.6 Å². The van der Waals surface area contributed by atoms with Gasteiger partial charge in [-0.05, 0) is 145 Å². The molecular weight excluding hydrogens is 408 g/mol. The van der Waals surface area contributed by atoms with Crippen LogP contribution in [0.15, 0.2) is 54.6 Å². The minimum atomic E-state index is 0.282. The lowest BCUT2D eigenvalue weighted by molar-refractivity contribution is 0.471. The van der Waals surface area contributed by atoms with Crippen LogP contribution in [0.2, 0.25) is 0 Å². The van der Waals surface area contributed by atoms with Crippen molar-refractivity contribution >= 4 is 0 Å². The van der Waals surface area contributed by atoms with Crippen molar-refractivity contribution < 1.29 is 15.3 Å². The molecule has 0 spiro atoms. The summed E-state index contributed by atoms with van der Waals surface area (Å²) in [6.07, 6.45) is 0. The fourth-order valence-corrected chi connectivity index (χ4v) is 4.95.